The largest absolute Gasteiger partial charge is 0.497 e. The third kappa shape index (κ3) is 10.5. The van der Waals surface area contributed by atoms with Crippen LogP contribution in [0.3, 0.4) is 0 Å². The number of para-hydroxylation sites is 1. The van der Waals surface area contributed by atoms with Crippen LogP contribution >= 0.6 is 0 Å². The summed E-state index contributed by atoms with van der Waals surface area (Å²) in [5.41, 5.74) is 2.09. The van der Waals surface area contributed by atoms with E-state index in [9.17, 15) is 4.79 Å². The summed E-state index contributed by atoms with van der Waals surface area (Å²) in [5.74, 6) is -2.75. The van der Waals surface area contributed by atoms with Crippen LogP contribution in [0.4, 0.5) is 5.69 Å². The van der Waals surface area contributed by atoms with E-state index in [-0.39, 0.29) is 11.9 Å². The zero-order valence-corrected chi connectivity index (χ0v) is 16.4. The van der Waals surface area contributed by atoms with Gasteiger partial charge in [0.1, 0.15) is 5.75 Å². The summed E-state index contributed by atoms with van der Waals surface area (Å²) in [7, 11) is 1.67. The summed E-state index contributed by atoms with van der Waals surface area (Å²) < 4.78 is 5.14. The Bertz CT molecular complexity index is 766. The quantitative estimate of drug-likeness (QED) is 0.500. The summed E-state index contributed by atoms with van der Waals surface area (Å²) in [6.45, 7) is 2.87. The SMILES string of the molecule is COc1ccc(CCNC(C)CC(=O)Nc2ccccc2)cc1.O=C(O)C(=O)O. The molecule has 0 bridgehead atoms. The molecule has 1 unspecified atom stereocenters. The molecule has 0 aliphatic carbocycles. The predicted octanol–water partition coefficient (Wildman–Crippen LogP) is 2.40. The standard InChI is InChI=1S/C19H24N2O2.C2H2O4/c1-15(14-19(22)21-17-6-4-3-5-7-17)20-13-12-16-8-10-18(23-2)11-9-16;3-1(4)2(5)6/h3-11,15,20H,12-14H2,1-2H3,(H,21,22);(H,3,4)(H,5,6). The van der Waals surface area contributed by atoms with E-state index in [0.717, 1.165) is 24.4 Å². The summed E-state index contributed by atoms with van der Waals surface area (Å²) in [6.07, 6.45) is 1.38. The first-order valence-electron chi connectivity index (χ1n) is 8.99. The molecule has 1 atom stereocenters. The molecule has 4 N–H and O–H groups in total. The highest BCUT2D eigenvalue weighted by atomic mass is 16.5. The number of anilines is 1. The Kier molecular flexibility index (Phi) is 10.5. The van der Waals surface area contributed by atoms with E-state index in [1.165, 1.54) is 5.56 Å². The minimum absolute atomic E-state index is 0.0284. The lowest BCUT2D eigenvalue weighted by atomic mass is 10.1. The van der Waals surface area contributed by atoms with Crippen LogP contribution < -0.4 is 15.4 Å². The van der Waals surface area contributed by atoms with Crippen molar-refractivity contribution in [2.24, 2.45) is 0 Å². The van der Waals surface area contributed by atoms with Crippen LogP contribution in [0.1, 0.15) is 18.9 Å². The van der Waals surface area contributed by atoms with E-state index in [0.29, 0.717) is 6.42 Å². The van der Waals surface area contributed by atoms with Crippen molar-refractivity contribution >= 4 is 23.5 Å². The number of carbonyl (C=O) groups is 3. The fourth-order valence-corrected chi connectivity index (χ4v) is 2.34. The van der Waals surface area contributed by atoms with Gasteiger partial charge in [0.05, 0.1) is 7.11 Å². The number of rotatable bonds is 8. The molecule has 0 spiro atoms. The number of methoxy groups -OCH3 is 1. The second-order valence-electron chi connectivity index (χ2n) is 6.18. The molecule has 0 saturated carbocycles. The Morgan fingerprint density at radius 1 is 0.966 bits per heavy atom. The van der Waals surface area contributed by atoms with Crippen LogP contribution in [-0.4, -0.2) is 47.8 Å². The van der Waals surface area contributed by atoms with Crippen molar-refractivity contribution in [2.75, 3.05) is 19.0 Å². The fourth-order valence-electron chi connectivity index (χ4n) is 2.34. The molecular formula is C21H26N2O6. The summed E-state index contributed by atoms with van der Waals surface area (Å²) >= 11 is 0. The maximum absolute atomic E-state index is 12.0. The minimum Gasteiger partial charge on any atom is -0.497 e. The Labute approximate surface area is 169 Å². The van der Waals surface area contributed by atoms with Gasteiger partial charge in [0.2, 0.25) is 5.91 Å². The van der Waals surface area contributed by atoms with Crippen LogP contribution in [0.2, 0.25) is 0 Å². The minimum atomic E-state index is -1.82. The highest BCUT2D eigenvalue weighted by Gasteiger charge is 2.08. The van der Waals surface area contributed by atoms with Gasteiger partial charge in [0.25, 0.3) is 0 Å². The highest BCUT2D eigenvalue weighted by molar-refractivity contribution is 6.27. The van der Waals surface area contributed by atoms with Gasteiger partial charge in [-0.3, -0.25) is 4.79 Å². The first-order chi connectivity index (χ1) is 13.8. The molecule has 2 aromatic rings. The molecule has 0 fully saturated rings. The smallest absolute Gasteiger partial charge is 0.414 e. The predicted molar refractivity (Wildman–Crippen MR) is 109 cm³/mol. The zero-order valence-electron chi connectivity index (χ0n) is 16.4. The summed E-state index contributed by atoms with van der Waals surface area (Å²) in [4.78, 5) is 30.2. The molecule has 0 aliphatic rings. The molecular weight excluding hydrogens is 376 g/mol. The molecule has 0 radical (unpaired) electrons. The van der Waals surface area contributed by atoms with Crippen LogP contribution in [0.15, 0.2) is 54.6 Å². The number of nitrogens with one attached hydrogen (secondary N) is 2. The van der Waals surface area contributed by atoms with Crippen LogP contribution in [-0.2, 0) is 20.8 Å². The second kappa shape index (κ2) is 12.9. The number of carboxylic acids is 2. The molecule has 2 aromatic carbocycles. The number of hydrogen-bond donors (Lipinski definition) is 4. The molecule has 1 amide bonds. The Balaban J connectivity index is 0.000000612. The third-order valence-electron chi connectivity index (χ3n) is 3.80. The third-order valence-corrected chi connectivity index (χ3v) is 3.80. The molecule has 2 rings (SSSR count). The molecule has 0 aromatic heterocycles. The number of amides is 1. The summed E-state index contributed by atoms with van der Waals surface area (Å²) in [6, 6.07) is 17.7. The van der Waals surface area contributed by atoms with E-state index in [4.69, 9.17) is 24.5 Å². The van der Waals surface area contributed by atoms with Gasteiger partial charge >= 0.3 is 11.9 Å². The molecule has 0 heterocycles. The van der Waals surface area contributed by atoms with Gasteiger partial charge in [0.15, 0.2) is 0 Å². The maximum atomic E-state index is 12.0. The monoisotopic (exact) mass is 402 g/mol. The van der Waals surface area contributed by atoms with Gasteiger partial charge in [-0.15, -0.1) is 0 Å². The average molecular weight is 402 g/mol. The number of ether oxygens (including phenoxy) is 1. The van der Waals surface area contributed by atoms with E-state index < -0.39 is 11.9 Å². The average Bonchev–Trinajstić information content (AvgIpc) is 2.69. The van der Waals surface area contributed by atoms with E-state index in [1.807, 2.05) is 49.4 Å². The fraction of sp³-hybridized carbons (Fsp3) is 0.286. The summed E-state index contributed by atoms with van der Waals surface area (Å²) in [5, 5.41) is 21.1. The second-order valence-corrected chi connectivity index (χ2v) is 6.18. The lowest BCUT2D eigenvalue weighted by molar-refractivity contribution is -0.159. The van der Waals surface area contributed by atoms with Crippen molar-refractivity contribution in [3.8, 4) is 5.75 Å². The molecule has 0 aliphatic heterocycles. The van der Waals surface area contributed by atoms with Crippen molar-refractivity contribution in [3.05, 3.63) is 60.2 Å². The van der Waals surface area contributed by atoms with E-state index in [1.54, 1.807) is 7.11 Å². The van der Waals surface area contributed by atoms with Crippen molar-refractivity contribution < 1.29 is 29.3 Å². The van der Waals surface area contributed by atoms with Crippen LogP contribution in [0.25, 0.3) is 0 Å². The molecule has 0 saturated heterocycles. The number of aliphatic carboxylic acids is 2. The van der Waals surface area contributed by atoms with Crippen LogP contribution in [0.5, 0.6) is 5.75 Å². The number of carbonyl (C=O) groups excluding carboxylic acids is 1. The van der Waals surface area contributed by atoms with Gasteiger partial charge in [0, 0.05) is 18.2 Å². The van der Waals surface area contributed by atoms with Gasteiger partial charge in [-0.2, -0.15) is 0 Å². The molecule has 8 nitrogen and oxygen atoms in total. The number of benzene rings is 2. The van der Waals surface area contributed by atoms with E-state index in [2.05, 4.69) is 22.8 Å². The topological polar surface area (TPSA) is 125 Å². The van der Waals surface area contributed by atoms with Crippen molar-refractivity contribution in [3.63, 3.8) is 0 Å². The van der Waals surface area contributed by atoms with Gasteiger partial charge < -0.3 is 25.6 Å². The van der Waals surface area contributed by atoms with Gasteiger partial charge in [-0.1, -0.05) is 30.3 Å². The highest BCUT2D eigenvalue weighted by Crippen LogP contribution is 2.11. The lowest BCUT2D eigenvalue weighted by Gasteiger charge is -2.14. The van der Waals surface area contributed by atoms with Gasteiger partial charge in [-0.05, 0) is 49.7 Å². The van der Waals surface area contributed by atoms with Crippen molar-refractivity contribution in [1.82, 2.24) is 5.32 Å². The van der Waals surface area contributed by atoms with Crippen LogP contribution in [0, 0.1) is 0 Å². The normalized spacial score (nSPS) is 10.8. The van der Waals surface area contributed by atoms with Gasteiger partial charge in [-0.25, -0.2) is 9.59 Å². The van der Waals surface area contributed by atoms with E-state index >= 15 is 0 Å². The number of hydrogen-bond acceptors (Lipinski definition) is 5. The lowest BCUT2D eigenvalue weighted by Crippen LogP contribution is -2.32. The van der Waals surface area contributed by atoms with Crippen molar-refractivity contribution in [2.45, 2.75) is 25.8 Å². The molecule has 156 valence electrons. The zero-order chi connectivity index (χ0) is 21.6. The maximum Gasteiger partial charge on any atom is 0.414 e. The number of carboxylic acid groups (broad SMARTS) is 2. The Morgan fingerprint density at radius 2 is 1.55 bits per heavy atom. The Hall–Kier alpha value is -3.39. The Morgan fingerprint density at radius 3 is 2.07 bits per heavy atom. The van der Waals surface area contributed by atoms with Crippen molar-refractivity contribution in [1.29, 1.82) is 0 Å². The molecule has 29 heavy (non-hydrogen) atoms. The molecule has 8 heteroatoms. The first kappa shape index (κ1) is 23.6. The first-order valence-corrected chi connectivity index (χ1v) is 8.99.